The van der Waals surface area contributed by atoms with E-state index < -0.39 is 0 Å². The van der Waals surface area contributed by atoms with E-state index in [0.717, 1.165) is 18.8 Å². The van der Waals surface area contributed by atoms with E-state index in [1.807, 2.05) is 0 Å². The Morgan fingerprint density at radius 1 is 0.917 bits per heavy atom. The van der Waals surface area contributed by atoms with E-state index in [1.165, 1.54) is 25.7 Å². The molecule has 1 aliphatic heterocycles. The molecule has 2 amide bonds. The van der Waals surface area contributed by atoms with Crippen molar-refractivity contribution in [1.82, 2.24) is 4.90 Å². The summed E-state index contributed by atoms with van der Waals surface area (Å²) in [7, 11) is 0. The summed E-state index contributed by atoms with van der Waals surface area (Å²) in [6.45, 7) is 2.77. The van der Waals surface area contributed by atoms with Crippen LogP contribution in [-0.4, -0.2) is 42.9 Å². The van der Waals surface area contributed by atoms with Crippen molar-refractivity contribution in [2.75, 3.05) is 36.8 Å². The number of halogens is 1. The van der Waals surface area contributed by atoms with Gasteiger partial charge in [0, 0.05) is 24.3 Å². The number of nitrogens with zero attached hydrogens (tertiary/aromatic N) is 1. The molecule has 1 aromatic rings. The maximum Gasteiger partial charge on any atom is 0.238 e. The summed E-state index contributed by atoms with van der Waals surface area (Å²) in [5, 5.41) is 5.66. The van der Waals surface area contributed by atoms with Crippen molar-refractivity contribution < 1.29 is 9.59 Å². The third-order valence-electron chi connectivity index (χ3n) is 3.89. The van der Waals surface area contributed by atoms with E-state index in [1.54, 1.807) is 24.3 Å². The van der Waals surface area contributed by atoms with E-state index in [4.69, 9.17) is 5.73 Å². The number of rotatable bonds is 6. The molecule has 6 nitrogen and oxygen atoms in total. The molecule has 0 unspecified atom stereocenters. The molecule has 24 heavy (non-hydrogen) atoms. The monoisotopic (exact) mass is 354 g/mol. The first kappa shape index (κ1) is 20.4. The highest BCUT2D eigenvalue weighted by Gasteiger charge is 2.13. The van der Waals surface area contributed by atoms with Crippen LogP contribution in [0.15, 0.2) is 24.3 Å². The molecule has 7 heteroatoms. The topological polar surface area (TPSA) is 87.5 Å². The molecule has 0 atom stereocenters. The Labute approximate surface area is 149 Å². The highest BCUT2D eigenvalue weighted by Crippen LogP contribution is 2.14. The van der Waals surface area contributed by atoms with Crippen LogP contribution < -0.4 is 16.4 Å². The normalized spacial score (nSPS) is 15.0. The average Bonchev–Trinajstić information content (AvgIpc) is 2.78. The Hall–Kier alpha value is -1.63. The number of hydrogen-bond acceptors (Lipinski definition) is 4. The molecular formula is C17H27ClN4O2. The summed E-state index contributed by atoms with van der Waals surface area (Å²) in [5.41, 5.74) is 6.78. The predicted molar refractivity (Wildman–Crippen MR) is 99.5 cm³/mol. The molecule has 1 heterocycles. The fourth-order valence-corrected chi connectivity index (χ4v) is 2.69. The molecule has 0 saturated carbocycles. The van der Waals surface area contributed by atoms with Gasteiger partial charge in [-0.2, -0.15) is 0 Å². The summed E-state index contributed by atoms with van der Waals surface area (Å²) < 4.78 is 0. The van der Waals surface area contributed by atoms with Gasteiger partial charge in [-0.1, -0.05) is 12.8 Å². The maximum atomic E-state index is 12.1. The van der Waals surface area contributed by atoms with Crippen LogP contribution in [0.25, 0.3) is 0 Å². The van der Waals surface area contributed by atoms with E-state index in [9.17, 15) is 9.59 Å². The fourth-order valence-electron chi connectivity index (χ4n) is 2.69. The molecule has 0 aromatic heterocycles. The van der Waals surface area contributed by atoms with Crippen molar-refractivity contribution in [3.63, 3.8) is 0 Å². The number of likely N-dealkylation sites (tertiary alicyclic amines) is 1. The lowest BCUT2D eigenvalue weighted by molar-refractivity contribution is -0.117. The number of benzene rings is 1. The van der Waals surface area contributed by atoms with Gasteiger partial charge in [0.1, 0.15) is 0 Å². The lowest BCUT2D eigenvalue weighted by atomic mass is 10.2. The Morgan fingerprint density at radius 3 is 1.92 bits per heavy atom. The van der Waals surface area contributed by atoms with Crippen LogP contribution in [0, 0.1) is 0 Å². The van der Waals surface area contributed by atoms with Crippen LogP contribution in [0.5, 0.6) is 0 Å². The number of carbonyl (C=O) groups is 2. The number of nitrogens with one attached hydrogen (secondary N) is 2. The van der Waals surface area contributed by atoms with Crippen molar-refractivity contribution in [2.45, 2.75) is 32.1 Å². The molecule has 1 aliphatic rings. The van der Waals surface area contributed by atoms with Crippen molar-refractivity contribution >= 4 is 35.6 Å². The van der Waals surface area contributed by atoms with Crippen LogP contribution in [0.3, 0.4) is 0 Å². The lowest BCUT2D eigenvalue weighted by Crippen LogP contribution is -2.33. The predicted octanol–water partition coefficient (Wildman–Crippen LogP) is 2.21. The van der Waals surface area contributed by atoms with E-state index >= 15 is 0 Å². The largest absolute Gasteiger partial charge is 0.330 e. The molecule has 1 fully saturated rings. The second kappa shape index (κ2) is 11.0. The highest BCUT2D eigenvalue weighted by atomic mass is 35.5. The first-order valence-corrected chi connectivity index (χ1v) is 8.29. The van der Waals surface area contributed by atoms with Gasteiger partial charge < -0.3 is 16.4 Å². The Morgan fingerprint density at radius 2 is 1.42 bits per heavy atom. The minimum Gasteiger partial charge on any atom is -0.330 e. The third-order valence-corrected chi connectivity index (χ3v) is 3.89. The first-order valence-electron chi connectivity index (χ1n) is 8.29. The summed E-state index contributed by atoms with van der Waals surface area (Å²) in [4.78, 5) is 25.8. The van der Waals surface area contributed by atoms with Gasteiger partial charge >= 0.3 is 0 Å². The van der Waals surface area contributed by atoms with E-state index in [-0.39, 0.29) is 24.2 Å². The smallest absolute Gasteiger partial charge is 0.238 e. The van der Waals surface area contributed by atoms with Gasteiger partial charge in [-0.15, -0.1) is 12.4 Å². The third kappa shape index (κ3) is 7.29. The SMILES string of the molecule is Cl.NCCC(=O)Nc1ccc(NC(=O)CN2CCCCCC2)cc1. The van der Waals surface area contributed by atoms with Gasteiger partial charge in [-0.3, -0.25) is 14.5 Å². The van der Waals surface area contributed by atoms with Crippen molar-refractivity contribution in [1.29, 1.82) is 0 Å². The van der Waals surface area contributed by atoms with Crippen molar-refractivity contribution in [3.05, 3.63) is 24.3 Å². The fraction of sp³-hybridized carbons (Fsp3) is 0.529. The van der Waals surface area contributed by atoms with Gasteiger partial charge in [0.25, 0.3) is 0 Å². The van der Waals surface area contributed by atoms with Crippen LogP contribution >= 0.6 is 12.4 Å². The zero-order valence-electron chi connectivity index (χ0n) is 13.9. The molecule has 4 N–H and O–H groups in total. The summed E-state index contributed by atoms with van der Waals surface area (Å²) in [6, 6.07) is 7.13. The molecule has 134 valence electrons. The second-order valence-electron chi connectivity index (χ2n) is 5.90. The first-order chi connectivity index (χ1) is 11.2. The van der Waals surface area contributed by atoms with Gasteiger partial charge in [0.2, 0.25) is 11.8 Å². The standard InChI is InChI=1S/C17H26N4O2.ClH/c18-10-9-16(22)19-14-5-7-15(8-6-14)20-17(23)13-21-11-3-1-2-4-12-21;/h5-8H,1-4,9-13,18H2,(H,19,22)(H,20,23);1H. The molecule has 2 rings (SSSR count). The van der Waals surface area contributed by atoms with Gasteiger partial charge in [-0.05, 0) is 50.2 Å². The molecule has 1 saturated heterocycles. The van der Waals surface area contributed by atoms with Crippen molar-refractivity contribution in [3.8, 4) is 0 Å². The highest BCUT2D eigenvalue weighted by molar-refractivity contribution is 5.93. The van der Waals surface area contributed by atoms with E-state index in [2.05, 4.69) is 15.5 Å². The lowest BCUT2D eigenvalue weighted by Gasteiger charge is -2.19. The molecular weight excluding hydrogens is 328 g/mol. The number of nitrogens with two attached hydrogens (primary N) is 1. The zero-order chi connectivity index (χ0) is 16.5. The van der Waals surface area contributed by atoms with Gasteiger partial charge in [-0.25, -0.2) is 0 Å². The van der Waals surface area contributed by atoms with E-state index in [0.29, 0.717) is 25.2 Å². The molecule has 0 bridgehead atoms. The summed E-state index contributed by atoms with van der Waals surface area (Å²) >= 11 is 0. The van der Waals surface area contributed by atoms with Crippen molar-refractivity contribution in [2.24, 2.45) is 5.73 Å². The average molecular weight is 355 g/mol. The number of anilines is 2. The summed E-state index contributed by atoms with van der Waals surface area (Å²) in [5.74, 6) is -0.0998. The quantitative estimate of drug-likeness (QED) is 0.731. The Kier molecular flexibility index (Phi) is 9.37. The number of amides is 2. The molecule has 1 aromatic carbocycles. The van der Waals surface area contributed by atoms with Crippen LogP contribution in [0.2, 0.25) is 0 Å². The molecule has 0 spiro atoms. The minimum atomic E-state index is -0.106. The van der Waals surface area contributed by atoms with Gasteiger partial charge in [0.05, 0.1) is 6.54 Å². The number of hydrogen-bond donors (Lipinski definition) is 3. The maximum absolute atomic E-state index is 12.1. The minimum absolute atomic E-state index is 0. The molecule has 0 radical (unpaired) electrons. The van der Waals surface area contributed by atoms with Crippen LogP contribution in [0.4, 0.5) is 11.4 Å². The molecule has 0 aliphatic carbocycles. The second-order valence-corrected chi connectivity index (χ2v) is 5.90. The van der Waals surface area contributed by atoms with Gasteiger partial charge in [0.15, 0.2) is 0 Å². The summed E-state index contributed by atoms with van der Waals surface area (Å²) in [6.07, 6.45) is 5.16. The zero-order valence-corrected chi connectivity index (χ0v) is 14.7. The number of carbonyl (C=O) groups excluding carboxylic acids is 2. The van der Waals surface area contributed by atoms with Crippen LogP contribution in [-0.2, 0) is 9.59 Å². The Bertz CT molecular complexity index is 514. The van der Waals surface area contributed by atoms with Crippen LogP contribution in [0.1, 0.15) is 32.1 Å². The Balaban J connectivity index is 0.00000288.